The number of aliphatic hydroxyl groups is 1. The lowest BCUT2D eigenvalue weighted by Gasteiger charge is -2.18. The monoisotopic (exact) mass is 251 g/mol. The Labute approximate surface area is 108 Å². The molecule has 0 bridgehead atoms. The molecule has 4 heteroatoms. The summed E-state index contributed by atoms with van der Waals surface area (Å²) in [6.07, 6.45) is 0. The lowest BCUT2D eigenvalue weighted by molar-refractivity contribution is 0.219. The second-order valence-electron chi connectivity index (χ2n) is 4.88. The van der Waals surface area contributed by atoms with Gasteiger partial charge in [0.25, 0.3) is 0 Å². The molecule has 0 amide bonds. The minimum atomic E-state index is 0.226. The normalized spacial score (nSPS) is 24.2. The van der Waals surface area contributed by atoms with Crippen molar-refractivity contribution in [2.24, 2.45) is 5.92 Å². The van der Waals surface area contributed by atoms with Gasteiger partial charge in [0.05, 0.1) is 14.2 Å². The van der Waals surface area contributed by atoms with Crippen LogP contribution in [-0.4, -0.2) is 51.0 Å². The quantitative estimate of drug-likeness (QED) is 0.877. The fraction of sp³-hybridized carbons (Fsp3) is 0.571. The van der Waals surface area contributed by atoms with Gasteiger partial charge in [0, 0.05) is 31.5 Å². The van der Waals surface area contributed by atoms with Gasteiger partial charge in [0.15, 0.2) is 11.5 Å². The van der Waals surface area contributed by atoms with Gasteiger partial charge in [-0.1, -0.05) is 6.07 Å². The topological polar surface area (TPSA) is 41.9 Å². The molecular formula is C14H21NO3. The van der Waals surface area contributed by atoms with Crippen molar-refractivity contribution in [2.75, 3.05) is 41.0 Å². The van der Waals surface area contributed by atoms with E-state index in [1.807, 2.05) is 12.1 Å². The van der Waals surface area contributed by atoms with E-state index in [1.165, 1.54) is 5.56 Å². The first-order valence-electron chi connectivity index (χ1n) is 6.21. The average molecular weight is 251 g/mol. The molecular weight excluding hydrogens is 230 g/mol. The number of benzene rings is 1. The standard InChI is InChI=1S/C14H21NO3/c1-15-7-11(9-16)12(8-15)10-4-5-13(17-2)14(6-10)18-3/h4-6,11-12,16H,7-9H2,1-3H3/t11-,12-/m1/s1. The van der Waals surface area contributed by atoms with Crippen molar-refractivity contribution in [3.8, 4) is 11.5 Å². The molecule has 18 heavy (non-hydrogen) atoms. The van der Waals surface area contributed by atoms with Gasteiger partial charge in [-0.25, -0.2) is 0 Å². The van der Waals surface area contributed by atoms with Gasteiger partial charge in [-0.3, -0.25) is 0 Å². The molecule has 1 aromatic rings. The molecule has 2 atom stereocenters. The van der Waals surface area contributed by atoms with E-state index >= 15 is 0 Å². The first-order chi connectivity index (χ1) is 8.69. The maximum absolute atomic E-state index is 9.46. The van der Waals surface area contributed by atoms with Gasteiger partial charge in [-0.15, -0.1) is 0 Å². The molecule has 0 aliphatic carbocycles. The minimum absolute atomic E-state index is 0.226. The van der Waals surface area contributed by atoms with E-state index in [-0.39, 0.29) is 6.61 Å². The van der Waals surface area contributed by atoms with Crippen molar-refractivity contribution in [2.45, 2.75) is 5.92 Å². The molecule has 1 saturated heterocycles. The molecule has 0 radical (unpaired) electrons. The van der Waals surface area contributed by atoms with E-state index in [9.17, 15) is 5.11 Å². The Morgan fingerprint density at radius 1 is 1.22 bits per heavy atom. The van der Waals surface area contributed by atoms with Gasteiger partial charge in [0.1, 0.15) is 0 Å². The number of nitrogens with zero attached hydrogens (tertiary/aromatic N) is 1. The van der Waals surface area contributed by atoms with Crippen LogP contribution < -0.4 is 9.47 Å². The van der Waals surface area contributed by atoms with Gasteiger partial charge in [-0.2, -0.15) is 0 Å². The van der Waals surface area contributed by atoms with Crippen molar-refractivity contribution in [3.63, 3.8) is 0 Å². The highest BCUT2D eigenvalue weighted by atomic mass is 16.5. The Balaban J connectivity index is 2.27. The van der Waals surface area contributed by atoms with Crippen LogP contribution in [0, 0.1) is 5.92 Å². The SMILES string of the molecule is COc1ccc([C@H]2CN(C)C[C@@H]2CO)cc1OC. The number of hydrogen-bond donors (Lipinski definition) is 1. The molecule has 0 spiro atoms. The summed E-state index contributed by atoms with van der Waals surface area (Å²) in [5.74, 6) is 2.15. The second-order valence-corrected chi connectivity index (χ2v) is 4.88. The summed E-state index contributed by atoms with van der Waals surface area (Å²) in [5, 5.41) is 9.46. The summed E-state index contributed by atoms with van der Waals surface area (Å²) in [6.45, 7) is 2.14. The molecule has 1 fully saturated rings. The van der Waals surface area contributed by atoms with Crippen molar-refractivity contribution in [1.29, 1.82) is 0 Å². The average Bonchev–Trinajstić information content (AvgIpc) is 2.79. The van der Waals surface area contributed by atoms with E-state index in [4.69, 9.17) is 9.47 Å². The molecule has 2 rings (SSSR count). The Kier molecular flexibility index (Phi) is 4.09. The highest BCUT2D eigenvalue weighted by Crippen LogP contribution is 2.36. The van der Waals surface area contributed by atoms with Crippen molar-refractivity contribution in [3.05, 3.63) is 23.8 Å². The highest BCUT2D eigenvalue weighted by Gasteiger charge is 2.31. The molecule has 1 N–H and O–H groups in total. The maximum atomic E-state index is 9.46. The number of rotatable bonds is 4. The summed E-state index contributed by atoms with van der Waals surface area (Å²) >= 11 is 0. The maximum Gasteiger partial charge on any atom is 0.160 e. The smallest absolute Gasteiger partial charge is 0.160 e. The van der Waals surface area contributed by atoms with Crippen molar-refractivity contribution >= 4 is 0 Å². The fourth-order valence-electron chi connectivity index (χ4n) is 2.73. The number of likely N-dealkylation sites (N-methyl/N-ethyl adjacent to an activating group) is 1. The lowest BCUT2D eigenvalue weighted by Crippen LogP contribution is -2.15. The largest absolute Gasteiger partial charge is 0.493 e. The van der Waals surface area contributed by atoms with Gasteiger partial charge >= 0.3 is 0 Å². The first-order valence-corrected chi connectivity index (χ1v) is 6.21. The van der Waals surface area contributed by atoms with Crippen LogP contribution in [0.2, 0.25) is 0 Å². The van der Waals surface area contributed by atoms with Crippen LogP contribution in [-0.2, 0) is 0 Å². The molecule has 0 unspecified atom stereocenters. The van der Waals surface area contributed by atoms with Crippen LogP contribution in [0.15, 0.2) is 18.2 Å². The third-order valence-corrected chi connectivity index (χ3v) is 3.69. The molecule has 1 heterocycles. The molecule has 0 aromatic heterocycles. The van der Waals surface area contributed by atoms with Crippen molar-refractivity contribution in [1.82, 2.24) is 4.90 Å². The predicted octanol–water partition coefficient (Wildman–Crippen LogP) is 1.34. The third-order valence-electron chi connectivity index (χ3n) is 3.69. The predicted molar refractivity (Wildman–Crippen MR) is 70.4 cm³/mol. The van der Waals surface area contributed by atoms with E-state index in [2.05, 4.69) is 18.0 Å². The van der Waals surface area contributed by atoms with E-state index in [1.54, 1.807) is 14.2 Å². The summed E-state index contributed by atoms with van der Waals surface area (Å²) in [6, 6.07) is 6.01. The van der Waals surface area contributed by atoms with Crippen molar-refractivity contribution < 1.29 is 14.6 Å². The Morgan fingerprint density at radius 3 is 2.56 bits per heavy atom. The van der Waals surface area contributed by atoms with Crippen LogP contribution in [0.5, 0.6) is 11.5 Å². The summed E-state index contributed by atoms with van der Waals surface area (Å²) in [4.78, 5) is 2.25. The molecule has 1 aromatic carbocycles. The second kappa shape index (κ2) is 5.59. The number of hydrogen-bond acceptors (Lipinski definition) is 4. The zero-order valence-electron chi connectivity index (χ0n) is 11.2. The highest BCUT2D eigenvalue weighted by molar-refractivity contribution is 5.44. The zero-order valence-corrected chi connectivity index (χ0v) is 11.2. The van der Waals surface area contributed by atoms with Crippen LogP contribution in [0.25, 0.3) is 0 Å². The third kappa shape index (κ3) is 2.44. The van der Waals surface area contributed by atoms with Crippen LogP contribution >= 0.6 is 0 Å². The van der Waals surface area contributed by atoms with Gasteiger partial charge in [0.2, 0.25) is 0 Å². The molecule has 4 nitrogen and oxygen atoms in total. The number of aliphatic hydroxyl groups excluding tert-OH is 1. The summed E-state index contributed by atoms with van der Waals surface area (Å²) in [7, 11) is 5.37. The molecule has 100 valence electrons. The van der Waals surface area contributed by atoms with E-state index < -0.39 is 0 Å². The Bertz CT molecular complexity index is 408. The van der Waals surface area contributed by atoms with Crippen LogP contribution in [0.4, 0.5) is 0 Å². The molecule has 1 aliphatic heterocycles. The van der Waals surface area contributed by atoms with Gasteiger partial charge < -0.3 is 19.5 Å². The first kappa shape index (κ1) is 13.2. The Hall–Kier alpha value is -1.26. The summed E-state index contributed by atoms with van der Waals surface area (Å²) < 4.78 is 10.6. The number of methoxy groups -OCH3 is 2. The minimum Gasteiger partial charge on any atom is -0.493 e. The Morgan fingerprint density at radius 2 is 1.94 bits per heavy atom. The molecule has 1 aliphatic rings. The van der Waals surface area contributed by atoms with Crippen LogP contribution in [0.3, 0.4) is 0 Å². The molecule has 0 saturated carbocycles. The van der Waals surface area contributed by atoms with Gasteiger partial charge in [-0.05, 0) is 24.7 Å². The number of likely N-dealkylation sites (tertiary alicyclic amines) is 1. The number of ether oxygens (including phenoxy) is 2. The van der Waals surface area contributed by atoms with Crippen LogP contribution in [0.1, 0.15) is 11.5 Å². The summed E-state index contributed by atoms with van der Waals surface area (Å²) in [5.41, 5.74) is 1.20. The fourth-order valence-corrected chi connectivity index (χ4v) is 2.73. The van der Waals surface area contributed by atoms with E-state index in [0.29, 0.717) is 11.8 Å². The van der Waals surface area contributed by atoms with E-state index in [0.717, 1.165) is 24.6 Å². The zero-order chi connectivity index (χ0) is 13.1. The lowest BCUT2D eigenvalue weighted by atomic mass is 9.89.